The van der Waals surface area contributed by atoms with Gasteiger partial charge >= 0.3 is 15.5 Å². The maximum Gasteiger partial charge on any atom is 0.511 e. The lowest BCUT2D eigenvalue weighted by Crippen LogP contribution is -2.45. The van der Waals surface area contributed by atoms with Crippen LogP contribution in [0.25, 0.3) is 0 Å². The number of aromatic nitrogens is 1. The summed E-state index contributed by atoms with van der Waals surface area (Å²) in [5.74, 6) is -0.460. The monoisotopic (exact) mass is 488 g/mol. The topological polar surface area (TPSA) is 71.8 Å². The van der Waals surface area contributed by atoms with Crippen molar-refractivity contribution in [3.63, 3.8) is 0 Å². The van der Waals surface area contributed by atoms with Crippen LogP contribution in [0.1, 0.15) is 33.8 Å². The average molecular weight is 489 g/mol. The molecule has 33 heavy (non-hydrogen) atoms. The predicted molar refractivity (Wildman–Crippen MR) is 116 cm³/mol. The van der Waals surface area contributed by atoms with Gasteiger partial charge in [0.1, 0.15) is 0 Å². The lowest BCUT2D eigenvalue weighted by molar-refractivity contribution is -0.0498. The van der Waals surface area contributed by atoms with Gasteiger partial charge in [0, 0.05) is 49.5 Å². The summed E-state index contributed by atoms with van der Waals surface area (Å²) in [5.41, 5.74) is -3.56. The van der Waals surface area contributed by atoms with E-state index in [1.807, 2.05) is 29.2 Å². The number of pyridine rings is 1. The second kappa shape index (κ2) is 9.11. The van der Waals surface area contributed by atoms with Gasteiger partial charge in [0.05, 0.1) is 6.61 Å². The van der Waals surface area contributed by atoms with Gasteiger partial charge in [-0.3, -0.25) is 9.69 Å². The zero-order valence-electron chi connectivity index (χ0n) is 20.7. The number of ether oxygens (including phenoxy) is 1. The normalized spacial score (nSPS) is 20.2. The minimum absolute atomic E-state index is 0.0447. The molecule has 2 aromatic rings. The predicted octanol–water partition coefficient (Wildman–Crippen LogP) is 2.84. The molecule has 1 aromatic heterocycles. The van der Waals surface area contributed by atoms with Gasteiger partial charge in [-0.1, -0.05) is 24.3 Å². The summed E-state index contributed by atoms with van der Waals surface area (Å²) in [6.45, 7) is -1.90. The Balaban J connectivity index is 1.43. The number of benzene rings is 1. The number of halogens is 3. The maximum atomic E-state index is 13.0. The molecule has 180 valence electrons. The van der Waals surface area contributed by atoms with Gasteiger partial charge in [0.25, 0.3) is 5.56 Å². The van der Waals surface area contributed by atoms with Crippen molar-refractivity contribution in [1.29, 1.82) is 0 Å². The van der Waals surface area contributed by atoms with Crippen molar-refractivity contribution >= 4 is 10.0 Å². The molecule has 2 aliphatic rings. The third-order valence-corrected chi connectivity index (χ3v) is 7.73. The number of sulfonamides is 1. The molecule has 0 aliphatic carbocycles. The molecule has 1 saturated heterocycles. The molecule has 0 spiro atoms. The molecule has 0 N–H and O–H groups in total. The van der Waals surface area contributed by atoms with E-state index in [1.54, 1.807) is 0 Å². The molecular formula is C22H26F3N3O4S. The molecule has 11 heteroatoms. The molecular weight excluding hydrogens is 459 g/mol. The van der Waals surface area contributed by atoms with E-state index >= 15 is 0 Å². The molecule has 2 aliphatic heterocycles. The second-order valence-electron chi connectivity index (χ2n) is 8.35. The van der Waals surface area contributed by atoms with Crippen LogP contribution in [-0.4, -0.2) is 47.4 Å². The minimum Gasteiger partial charge on any atom is -0.488 e. The Morgan fingerprint density at radius 3 is 2.30 bits per heavy atom. The lowest BCUT2D eigenvalue weighted by Gasteiger charge is -2.31. The Labute approximate surface area is 194 Å². The molecule has 0 bridgehead atoms. The van der Waals surface area contributed by atoms with Gasteiger partial charge in [-0.25, -0.2) is 8.42 Å². The van der Waals surface area contributed by atoms with E-state index in [0.717, 1.165) is 15.7 Å². The van der Waals surface area contributed by atoms with E-state index < -0.39 is 28.1 Å². The molecule has 1 fully saturated rings. The van der Waals surface area contributed by atoms with Crippen LogP contribution in [0.15, 0.2) is 41.2 Å². The number of hydrogen-bond acceptors (Lipinski definition) is 5. The first-order valence-corrected chi connectivity index (χ1v) is 11.9. The largest absolute Gasteiger partial charge is 0.511 e. The molecule has 3 heterocycles. The first-order chi connectivity index (χ1) is 16.8. The van der Waals surface area contributed by atoms with Crippen molar-refractivity contribution < 1.29 is 30.4 Å². The molecule has 0 atom stereocenters. The SMILES string of the molecule is [2H]C([2H])([2H])n1c(CN2Cc3ccccc3C2)ccc(OCC2CCN(S(=O)(=O)C(F)(F)F)CC2)c1=O. The zero-order valence-corrected chi connectivity index (χ0v) is 18.5. The van der Waals surface area contributed by atoms with Gasteiger partial charge in [-0.15, -0.1) is 0 Å². The van der Waals surface area contributed by atoms with Crippen molar-refractivity contribution in [3.05, 3.63) is 63.6 Å². The third-order valence-electron chi connectivity index (χ3n) is 6.10. The van der Waals surface area contributed by atoms with E-state index in [4.69, 9.17) is 8.85 Å². The number of alkyl halides is 3. The molecule has 0 unspecified atom stereocenters. The fourth-order valence-corrected chi connectivity index (χ4v) is 5.19. The summed E-state index contributed by atoms with van der Waals surface area (Å²) >= 11 is 0. The van der Waals surface area contributed by atoms with E-state index in [2.05, 4.69) is 0 Å². The molecule has 7 nitrogen and oxygen atoms in total. The van der Waals surface area contributed by atoms with Crippen LogP contribution >= 0.6 is 0 Å². The van der Waals surface area contributed by atoms with E-state index in [0.29, 0.717) is 23.1 Å². The van der Waals surface area contributed by atoms with Gasteiger partial charge in [-0.2, -0.15) is 17.5 Å². The number of rotatable bonds is 6. The number of hydrogen-bond donors (Lipinski definition) is 0. The third kappa shape index (κ3) is 4.95. The van der Waals surface area contributed by atoms with Gasteiger partial charge in [0.15, 0.2) is 5.75 Å². The van der Waals surface area contributed by atoms with E-state index in [9.17, 15) is 26.4 Å². The maximum absolute atomic E-state index is 13.0. The van der Waals surface area contributed by atoms with Crippen molar-refractivity contribution in [3.8, 4) is 5.75 Å². The highest BCUT2D eigenvalue weighted by atomic mass is 32.2. The number of nitrogens with zero attached hydrogens (tertiary/aromatic N) is 3. The standard InChI is InChI=1S/C22H26F3N3O4S/c1-26-19(14-27-12-17-4-2-3-5-18(17)13-27)6-7-20(21(26)29)32-15-16-8-10-28(11-9-16)33(30,31)22(23,24)25/h2-7,16H,8-15H2,1H3/i1D3. The van der Waals surface area contributed by atoms with Crippen LogP contribution in [-0.2, 0) is 36.6 Å². The molecule has 1 aromatic carbocycles. The summed E-state index contributed by atoms with van der Waals surface area (Å²) in [4.78, 5) is 15.1. The average Bonchev–Trinajstić information content (AvgIpc) is 3.19. The van der Waals surface area contributed by atoms with Crippen LogP contribution in [0, 0.1) is 5.92 Å². The molecule has 0 amide bonds. The van der Waals surface area contributed by atoms with Crippen LogP contribution in [0.4, 0.5) is 13.2 Å². The van der Waals surface area contributed by atoms with Crippen LogP contribution in [0.2, 0.25) is 0 Å². The van der Waals surface area contributed by atoms with Crippen molar-refractivity contribution in [2.45, 2.75) is 38.0 Å². The zero-order chi connectivity index (χ0) is 26.3. The molecule has 4 rings (SSSR count). The summed E-state index contributed by atoms with van der Waals surface area (Å²) in [6.07, 6.45) is 0.243. The highest BCUT2D eigenvalue weighted by Crippen LogP contribution is 2.30. The highest BCUT2D eigenvalue weighted by molar-refractivity contribution is 7.90. The summed E-state index contributed by atoms with van der Waals surface area (Å²) in [7, 11) is -5.38. The Bertz CT molecular complexity index is 1250. The number of piperidine rings is 1. The van der Waals surface area contributed by atoms with Crippen molar-refractivity contribution in [1.82, 2.24) is 13.8 Å². The Kier molecular flexibility index (Phi) is 5.53. The van der Waals surface area contributed by atoms with E-state index in [-0.39, 0.29) is 50.8 Å². The minimum atomic E-state index is -5.38. The van der Waals surface area contributed by atoms with Gasteiger partial charge in [-0.05, 0) is 42.0 Å². The fourth-order valence-electron chi connectivity index (χ4n) is 4.21. The quantitative estimate of drug-likeness (QED) is 0.626. The number of fused-ring (bicyclic) bond motifs is 1. The van der Waals surface area contributed by atoms with E-state index in [1.165, 1.54) is 12.1 Å². The molecule has 0 radical (unpaired) electrons. The highest BCUT2D eigenvalue weighted by Gasteiger charge is 2.50. The van der Waals surface area contributed by atoms with Gasteiger partial charge < -0.3 is 9.30 Å². The fraction of sp³-hybridized carbons (Fsp3) is 0.500. The summed E-state index contributed by atoms with van der Waals surface area (Å²) < 4.78 is 91.7. The second-order valence-corrected chi connectivity index (χ2v) is 10.3. The first-order valence-electron chi connectivity index (χ1n) is 12.0. The summed E-state index contributed by atoms with van der Waals surface area (Å²) in [6, 6.07) is 10.8. The van der Waals surface area contributed by atoms with Crippen molar-refractivity contribution in [2.75, 3.05) is 19.7 Å². The Hall–Kier alpha value is -2.37. The van der Waals surface area contributed by atoms with Gasteiger partial charge in [0.2, 0.25) is 0 Å². The van der Waals surface area contributed by atoms with Crippen LogP contribution in [0.5, 0.6) is 5.75 Å². The lowest BCUT2D eigenvalue weighted by atomic mass is 9.99. The van der Waals surface area contributed by atoms with Crippen molar-refractivity contribution in [2.24, 2.45) is 12.9 Å². The Morgan fingerprint density at radius 1 is 1.09 bits per heavy atom. The van der Waals surface area contributed by atoms with Crippen LogP contribution in [0.3, 0.4) is 0 Å². The first kappa shape index (κ1) is 20.0. The molecule has 0 saturated carbocycles. The smallest absolute Gasteiger partial charge is 0.488 e. The van der Waals surface area contributed by atoms with Crippen LogP contribution < -0.4 is 10.3 Å². The summed E-state index contributed by atoms with van der Waals surface area (Å²) in [5, 5.41) is 0. The Morgan fingerprint density at radius 2 is 1.73 bits per heavy atom.